The van der Waals surface area contributed by atoms with Crippen molar-refractivity contribution in [3.05, 3.63) is 0 Å². The molecule has 96 valence electrons. The van der Waals surface area contributed by atoms with Crippen molar-refractivity contribution >= 4 is 5.97 Å². The van der Waals surface area contributed by atoms with E-state index in [2.05, 4.69) is 6.92 Å². The summed E-state index contributed by atoms with van der Waals surface area (Å²) < 4.78 is 0. The Kier molecular flexibility index (Phi) is 6.60. The van der Waals surface area contributed by atoms with Gasteiger partial charge in [-0.15, -0.1) is 0 Å². The van der Waals surface area contributed by atoms with Crippen molar-refractivity contribution in [2.75, 3.05) is 14.1 Å². The highest BCUT2D eigenvalue weighted by Gasteiger charge is 2.42. The molecule has 0 aromatic heterocycles. The fraction of sp³-hybridized carbons (Fsp3) is 0.917. The van der Waals surface area contributed by atoms with Crippen molar-refractivity contribution in [3.8, 4) is 0 Å². The predicted molar refractivity (Wildman–Crippen MR) is 64.5 cm³/mol. The van der Waals surface area contributed by atoms with Crippen molar-refractivity contribution in [1.29, 1.82) is 0 Å². The molecular formula is C12H25NO3. The Labute approximate surface area is 98.3 Å². The van der Waals surface area contributed by atoms with Gasteiger partial charge in [0.2, 0.25) is 0 Å². The van der Waals surface area contributed by atoms with Crippen LogP contribution in [-0.4, -0.2) is 46.8 Å². The number of likely N-dealkylation sites (N-methyl/N-ethyl adjacent to an activating group) is 1. The Balaban J connectivity index is 4.40. The van der Waals surface area contributed by atoms with Gasteiger partial charge in [0.25, 0.3) is 0 Å². The van der Waals surface area contributed by atoms with Crippen LogP contribution in [-0.2, 0) is 4.79 Å². The van der Waals surface area contributed by atoms with Gasteiger partial charge in [-0.05, 0) is 33.9 Å². The normalized spacial score (nSPS) is 17.1. The highest BCUT2D eigenvalue weighted by atomic mass is 16.4. The molecule has 0 aliphatic carbocycles. The lowest BCUT2D eigenvalue weighted by molar-refractivity contribution is -0.166. The number of carboxylic acid groups (broad SMARTS) is 1. The summed E-state index contributed by atoms with van der Waals surface area (Å²) in [5.41, 5.74) is -1.63. The van der Waals surface area contributed by atoms with Crippen LogP contribution < -0.4 is 0 Å². The summed E-state index contributed by atoms with van der Waals surface area (Å²) in [6, 6.07) is -0.383. The Hall–Kier alpha value is -0.610. The zero-order valence-electron chi connectivity index (χ0n) is 10.9. The van der Waals surface area contributed by atoms with Gasteiger partial charge in [0.05, 0.1) is 0 Å². The second kappa shape index (κ2) is 6.86. The Morgan fingerprint density at radius 3 is 2.25 bits per heavy atom. The van der Waals surface area contributed by atoms with E-state index in [4.69, 9.17) is 5.11 Å². The minimum Gasteiger partial charge on any atom is -0.479 e. The molecule has 0 aliphatic rings. The summed E-state index contributed by atoms with van der Waals surface area (Å²) in [6.07, 6.45) is 4.25. The molecule has 0 spiro atoms. The maximum Gasteiger partial charge on any atom is 0.337 e. The van der Waals surface area contributed by atoms with Gasteiger partial charge in [0.1, 0.15) is 0 Å². The highest BCUT2D eigenvalue weighted by molar-refractivity contribution is 5.78. The molecule has 0 radical (unpaired) electrons. The van der Waals surface area contributed by atoms with Crippen LogP contribution >= 0.6 is 0 Å². The smallest absolute Gasteiger partial charge is 0.337 e. The molecule has 16 heavy (non-hydrogen) atoms. The second-order valence-electron chi connectivity index (χ2n) is 4.68. The number of aliphatic carboxylic acids is 1. The Bertz CT molecular complexity index is 218. The van der Waals surface area contributed by atoms with E-state index in [0.29, 0.717) is 6.42 Å². The average molecular weight is 231 g/mol. The molecule has 2 unspecified atom stereocenters. The first-order chi connectivity index (χ1) is 7.36. The van der Waals surface area contributed by atoms with Gasteiger partial charge in [-0.3, -0.25) is 0 Å². The lowest BCUT2D eigenvalue weighted by Gasteiger charge is -2.34. The fourth-order valence-corrected chi connectivity index (χ4v) is 1.74. The van der Waals surface area contributed by atoms with Crippen LogP contribution in [0.15, 0.2) is 0 Å². The summed E-state index contributed by atoms with van der Waals surface area (Å²) in [6.45, 7) is 3.85. The molecule has 0 rings (SSSR count). The second-order valence-corrected chi connectivity index (χ2v) is 4.68. The van der Waals surface area contributed by atoms with Crippen LogP contribution in [0.1, 0.15) is 46.0 Å². The first-order valence-electron chi connectivity index (χ1n) is 5.98. The minimum absolute atomic E-state index is 0.321. The van der Waals surface area contributed by atoms with Gasteiger partial charge in [-0.25, -0.2) is 4.79 Å². The van der Waals surface area contributed by atoms with Gasteiger partial charge in [0.15, 0.2) is 5.60 Å². The average Bonchev–Trinajstić information content (AvgIpc) is 2.22. The van der Waals surface area contributed by atoms with Crippen LogP contribution in [0, 0.1) is 0 Å². The van der Waals surface area contributed by atoms with E-state index in [0.717, 1.165) is 25.7 Å². The van der Waals surface area contributed by atoms with Crippen LogP contribution in [0.25, 0.3) is 0 Å². The van der Waals surface area contributed by atoms with Gasteiger partial charge in [0, 0.05) is 6.04 Å². The van der Waals surface area contributed by atoms with Crippen LogP contribution in [0.4, 0.5) is 0 Å². The van der Waals surface area contributed by atoms with Crippen LogP contribution in [0.5, 0.6) is 0 Å². The van der Waals surface area contributed by atoms with Crippen molar-refractivity contribution in [1.82, 2.24) is 4.90 Å². The standard InChI is InChI=1S/C12H25NO3/c1-5-6-7-8-9-12(16,11(14)15)10(2)13(3)4/h10,16H,5-9H2,1-4H3,(H,14,15). The first kappa shape index (κ1) is 15.4. The third kappa shape index (κ3) is 4.10. The van der Waals surface area contributed by atoms with Gasteiger partial charge in [-0.2, -0.15) is 0 Å². The maximum atomic E-state index is 11.2. The number of nitrogens with zero attached hydrogens (tertiary/aromatic N) is 1. The topological polar surface area (TPSA) is 60.8 Å². The van der Waals surface area contributed by atoms with E-state index in [1.807, 2.05) is 0 Å². The number of aliphatic hydroxyl groups is 1. The summed E-state index contributed by atoms with van der Waals surface area (Å²) in [4.78, 5) is 12.9. The maximum absolute atomic E-state index is 11.2. The fourth-order valence-electron chi connectivity index (χ4n) is 1.74. The molecule has 4 heteroatoms. The van der Waals surface area contributed by atoms with Gasteiger partial charge < -0.3 is 15.1 Å². The number of hydrogen-bond donors (Lipinski definition) is 2. The summed E-state index contributed by atoms with van der Waals surface area (Å²) in [5.74, 6) is -1.12. The third-order valence-corrected chi connectivity index (χ3v) is 3.25. The molecule has 0 amide bonds. The molecule has 0 fully saturated rings. The molecule has 0 saturated heterocycles. The largest absolute Gasteiger partial charge is 0.479 e. The van der Waals surface area contributed by atoms with Crippen molar-refractivity contribution in [3.63, 3.8) is 0 Å². The summed E-state index contributed by atoms with van der Waals surface area (Å²) >= 11 is 0. The van der Waals surface area contributed by atoms with Crippen molar-refractivity contribution < 1.29 is 15.0 Å². The molecule has 0 aromatic carbocycles. The molecule has 0 aromatic rings. The van der Waals surface area contributed by atoms with E-state index in [9.17, 15) is 9.90 Å². The monoisotopic (exact) mass is 231 g/mol. The summed E-state index contributed by atoms with van der Waals surface area (Å²) in [7, 11) is 3.56. The third-order valence-electron chi connectivity index (χ3n) is 3.25. The number of hydrogen-bond acceptors (Lipinski definition) is 3. The molecule has 2 N–H and O–H groups in total. The molecule has 0 heterocycles. The first-order valence-corrected chi connectivity index (χ1v) is 5.98. The SMILES string of the molecule is CCCCCCC(O)(C(=O)O)C(C)N(C)C. The van der Waals surface area contributed by atoms with Crippen molar-refractivity contribution in [2.45, 2.75) is 57.6 Å². The quantitative estimate of drug-likeness (QED) is 0.624. The van der Waals surface area contributed by atoms with E-state index in [-0.39, 0.29) is 6.04 Å². The summed E-state index contributed by atoms with van der Waals surface area (Å²) in [5, 5.41) is 19.3. The van der Waals surface area contributed by atoms with Gasteiger partial charge >= 0.3 is 5.97 Å². The zero-order chi connectivity index (χ0) is 12.8. The van der Waals surface area contributed by atoms with E-state index < -0.39 is 11.6 Å². The number of carbonyl (C=O) groups is 1. The van der Waals surface area contributed by atoms with E-state index in [1.165, 1.54) is 0 Å². The molecule has 0 aliphatic heterocycles. The number of rotatable bonds is 8. The van der Waals surface area contributed by atoms with E-state index in [1.54, 1.807) is 25.9 Å². The van der Waals surface area contributed by atoms with Crippen LogP contribution in [0.2, 0.25) is 0 Å². The number of carboxylic acids is 1. The Morgan fingerprint density at radius 2 is 1.88 bits per heavy atom. The lowest BCUT2D eigenvalue weighted by atomic mass is 9.88. The number of unbranched alkanes of at least 4 members (excludes halogenated alkanes) is 3. The van der Waals surface area contributed by atoms with Crippen molar-refractivity contribution in [2.24, 2.45) is 0 Å². The zero-order valence-corrected chi connectivity index (χ0v) is 10.9. The molecular weight excluding hydrogens is 206 g/mol. The van der Waals surface area contributed by atoms with E-state index >= 15 is 0 Å². The Morgan fingerprint density at radius 1 is 1.31 bits per heavy atom. The molecule has 0 bridgehead atoms. The highest BCUT2D eigenvalue weighted by Crippen LogP contribution is 2.22. The predicted octanol–water partition coefficient (Wildman–Crippen LogP) is 1.72. The van der Waals surface area contributed by atoms with Gasteiger partial charge in [-0.1, -0.05) is 26.2 Å². The lowest BCUT2D eigenvalue weighted by Crippen LogP contribution is -2.54. The minimum atomic E-state index is -1.63. The molecule has 0 saturated carbocycles. The van der Waals surface area contributed by atoms with Crippen LogP contribution in [0.3, 0.4) is 0 Å². The molecule has 2 atom stereocenters. The molecule has 4 nitrogen and oxygen atoms in total.